The van der Waals surface area contributed by atoms with Crippen LogP contribution >= 0.6 is 0 Å². The fraction of sp³-hybridized carbons (Fsp3) is 0.231. The van der Waals surface area contributed by atoms with E-state index in [9.17, 15) is 9.59 Å². The van der Waals surface area contributed by atoms with E-state index >= 15 is 0 Å². The lowest BCUT2D eigenvalue weighted by Gasteiger charge is -2.02. The number of esters is 1. The van der Waals surface area contributed by atoms with Gasteiger partial charge in [-0.15, -0.1) is 0 Å². The van der Waals surface area contributed by atoms with E-state index in [1.54, 1.807) is 28.8 Å². The third-order valence-electron chi connectivity index (χ3n) is 2.76. The van der Waals surface area contributed by atoms with Crippen LogP contribution in [-0.4, -0.2) is 28.4 Å². The molecule has 0 aliphatic rings. The summed E-state index contributed by atoms with van der Waals surface area (Å²) in [5.41, 5.74) is 1.92. The van der Waals surface area contributed by atoms with Crippen LogP contribution in [0.15, 0.2) is 24.4 Å². The quantitative estimate of drug-likeness (QED) is 0.658. The molecule has 2 heterocycles. The SMILES string of the molecule is COC(=O)c1cc2cc(CO)ccn2c1C(C)=O. The number of ether oxygens (including phenoxy) is 1. The van der Waals surface area contributed by atoms with E-state index in [4.69, 9.17) is 5.11 Å². The Morgan fingerprint density at radius 2 is 2.11 bits per heavy atom. The van der Waals surface area contributed by atoms with Crippen molar-refractivity contribution in [2.24, 2.45) is 0 Å². The molecule has 0 spiro atoms. The van der Waals surface area contributed by atoms with Crippen LogP contribution in [-0.2, 0) is 11.3 Å². The minimum absolute atomic E-state index is 0.0926. The predicted molar refractivity (Wildman–Crippen MR) is 64.7 cm³/mol. The van der Waals surface area contributed by atoms with Gasteiger partial charge >= 0.3 is 5.97 Å². The summed E-state index contributed by atoms with van der Waals surface area (Å²) in [7, 11) is 1.27. The van der Waals surface area contributed by atoms with Crippen molar-refractivity contribution in [2.45, 2.75) is 13.5 Å². The van der Waals surface area contributed by atoms with Crippen LogP contribution in [0.1, 0.15) is 33.3 Å². The van der Waals surface area contributed by atoms with E-state index in [1.165, 1.54) is 14.0 Å². The van der Waals surface area contributed by atoms with Gasteiger partial charge in [0.2, 0.25) is 0 Å². The molecule has 0 atom stereocenters. The average molecular weight is 247 g/mol. The zero-order valence-electron chi connectivity index (χ0n) is 10.1. The summed E-state index contributed by atoms with van der Waals surface area (Å²) in [6, 6.07) is 5.00. The highest BCUT2D eigenvalue weighted by Gasteiger charge is 2.20. The minimum Gasteiger partial charge on any atom is -0.465 e. The number of ketones is 1. The third-order valence-corrected chi connectivity index (χ3v) is 2.76. The van der Waals surface area contributed by atoms with Gasteiger partial charge in [0.25, 0.3) is 0 Å². The van der Waals surface area contributed by atoms with Crippen molar-refractivity contribution in [2.75, 3.05) is 7.11 Å². The first-order valence-corrected chi connectivity index (χ1v) is 5.42. The van der Waals surface area contributed by atoms with Gasteiger partial charge in [-0.3, -0.25) is 4.79 Å². The lowest BCUT2D eigenvalue weighted by molar-refractivity contribution is 0.0597. The number of Topliss-reactive ketones (excluding diaryl/α,β-unsaturated/α-hetero) is 1. The summed E-state index contributed by atoms with van der Waals surface area (Å²) in [4.78, 5) is 23.3. The normalized spacial score (nSPS) is 10.6. The van der Waals surface area contributed by atoms with Gasteiger partial charge in [-0.05, 0) is 23.8 Å². The van der Waals surface area contributed by atoms with E-state index in [0.29, 0.717) is 16.8 Å². The number of rotatable bonds is 3. The average Bonchev–Trinajstić information content (AvgIpc) is 2.75. The van der Waals surface area contributed by atoms with Crippen molar-refractivity contribution < 1.29 is 19.4 Å². The Labute approximate surface area is 104 Å². The smallest absolute Gasteiger partial charge is 0.340 e. The molecule has 0 aromatic carbocycles. The molecule has 0 saturated heterocycles. The molecule has 0 radical (unpaired) electrons. The summed E-state index contributed by atoms with van der Waals surface area (Å²) >= 11 is 0. The summed E-state index contributed by atoms with van der Waals surface area (Å²) in [6.07, 6.45) is 1.66. The number of hydrogen-bond acceptors (Lipinski definition) is 4. The van der Waals surface area contributed by atoms with Gasteiger partial charge in [0.1, 0.15) is 5.69 Å². The number of pyridine rings is 1. The number of hydrogen-bond donors (Lipinski definition) is 1. The predicted octanol–water partition coefficient (Wildman–Crippen LogP) is 1.42. The second-order valence-electron chi connectivity index (χ2n) is 3.94. The fourth-order valence-electron chi connectivity index (χ4n) is 1.95. The van der Waals surface area contributed by atoms with Crippen molar-refractivity contribution >= 4 is 17.3 Å². The van der Waals surface area contributed by atoms with Crippen molar-refractivity contribution in [3.8, 4) is 0 Å². The molecule has 2 aromatic heterocycles. The zero-order valence-corrected chi connectivity index (χ0v) is 10.1. The van der Waals surface area contributed by atoms with Crippen molar-refractivity contribution in [1.29, 1.82) is 0 Å². The Morgan fingerprint density at radius 1 is 1.39 bits per heavy atom. The number of aromatic nitrogens is 1. The number of aliphatic hydroxyl groups is 1. The van der Waals surface area contributed by atoms with E-state index in [1.807, 2.05) is 0 Å². The van der Waals surface area contributed by atoms with Gasteiger partial charge in [0.05, 0.1) is 19.3 Å². The Morgan fingerprint density at radius 3 is 2.67 bits per heavy atom. The molecule has 0 aliphatic carbocycles. The van der Waals surface area contributed by atoms with Crippen LogP contribution < -0.4 is 0 Å². The molecule has 0 aliphatic heterocycles. The molecule has 0 saturated carbocycles. The van der Waals surface area contributed by atoms with E-state index in [-0.39, 0.29) is 18.0 Å². The lowest BCUT2D eigenvalue weighted by Crippen LogP contribution is -2.08. The minimum atomic E-state index is -0.547. The van der Waals surface area contributed by atoms with Crippen molar-refractivity contribution in [3.05, 3.63) is 41.2 Å². The van der Waals surface area contributed by atoms with Gasteiger partial charge in [-0.25, -0.2) is 4.79 Å². The molecule has 2 rings (SSSR count). The number of fused-ring (bicyclic) bond motifs is 1. The molecular formula is C13H13NO4. The number of carbonyl (C=O) groups excluding carboxylic acids is 2. The molecule has 5 heteroatoms. The van der Waals surface area contributed by atoms with Gasteiger partial charge < -0.3 is 14.2 Å². The third kappa shape index (κ3) is 1.89. The Balaban J connectivity index is 2.74. The Kier molecular flexibility index (Phi) is 3.16. The summed E-state index contributed by atoms with van der Waals surface area (Å²) in [5, 5.41) is 9.07. The second kappa shape index (κ2) is 4.62. The van der Waals surface area contributed by atoms with Gasteiger partial charge in [0.15, 0.2) is 5.78 Å². The highest BCUT2D eigenvalue weighted by atomic mass is 16.5. The van der Waals surface area contributed by atoms with E-state index in [0.717, 1.165) is 0 Å². The first-order valence-electron chi connectivity index (χ1n) is 5.42. The molecule has 18 heavy (non-hydrogen) atoms. The van der Waals surface area contributed by atoms with Crippen LogP contribution in [0.25, 0.3) is 5.52 Å². The topological polar surface area (TPSA) is 68.0 Å². The molecule has 5 nitrogen and oxygen atoms in total. The maximum atomic E-state index is 11.6. The largest absolute Gasteiger partial charge is 0.465 e. The lowest BCUT2D eigenvalue weighted by atomic mass is 10.2. The van der Waals surface area contributed by atoms with Gasteiger partial charge in [-0.2, -0.15) is 0 Å². The van der Waals surface area contributed by atoms with E-state index in [2.05, 4.69) is 4.74 Å². The first kappa shape index (κ1) is 12.3. The van der Waals surface area contributed by atoms with Gasteiger partial charge in [-0.1, -0.05) is 0 Å². The molecule has 0 unspecified atom stereocenters. The standard InChI is InChI=1S/C13H13NO4/c1-8(16)12-11(13(17)18-2)6-10-5-9(7-15)3-4-14(10)12/h3-6,15H,7H2,1-2H3. The molecule has 0 amide bonds. The molecule has 0 bridgehead atoms. The fourth-order valence-corrected chi connectivity index (χ4v) is 1.95. The molecule has 94 valence electrons. The highest BCUT2D eigenvalue weighted by Crippen LogP contribution is 2.19. The van der Waals surface area contributed by atoms with Crippen LogP contribution in [0.2, 0.25) is 0 Å². The maximum absolute atomic E-state index is 11.6. The molecule has 0 fully saturated rings. The van der Waals surface area contributed by atoms with Crippen LogP contribution in [0.4, 0.5) is 0 Å². The number of methoxy groups -OCH3 is 1. The molecule has 2 aromatic rings. The van der Waals surface area contributed by atoms with Crippen LogP contribution in [0.3, 0.4) is 0 Å². The highest BCUT2D eigenvalue weighted by molar-refractivity contribution is 6.06. The monoisotopic (exact) mass is 247 g/mol. The zero-order chi connectivity index (χ0) is 13.3. The summed E-state index contributed by atoms with van der Waals surface area (Å²) in [6.45, 7) is 1.30. The maximum Gasteiger partial charge on any atom is 0.340 e. The van der Waals surface area contributed by atoms with Crippen molar-refractivity contribution in [1.82, 2.24) is 4.40 Å². The number of carbonyl (C=O) groups is 2. The summed E-state index contributed by atoms with van der Waals surface area (Å²) in [5.74, 6) is -0.762. The Bertz CT molecular complexity index is 627. The van der Waals surface area contributed by atoms with Crippen LogP contribution in [0, 0.1) is 0 Å². The van der Waals surface area contributed by atoms with E-state index < -0.39 is 5.97 Å². The second-order valence-corrected chi connectivity index (χ2v) is 3.94. The summed E-state index contributed by atoms with van der Waals surface area (Å²) < 4.78 is 6.28. The van der Waals surface area contributed by atoms with Crippen LogP contribution in [0.5, 0.6) is 0 Å². The number of aliphatic hydroxyl groups excluding tert-OH is 1. The first-order chi connectivity index (χ1) is 8.58. The number of nitrogens with zero attached hydrogens (tertiary/aromatic N) is 1. The molecular weight excluding hydrogens is 234 g/mol. The molecule has 1 N–H and O–H groups in total. The Hall–Kier alpha value is -2.14. The van der Waals surface area contributed by atoms with Crippen molar-refractivity contribution in [3.63, 3.8) is 0 Å². The van der Waals surface area contributed by atoms with Gasteiger partial charge in [0, 0.05) is 18.6 Å².